The van der Waals surface area contributed by atoms with Crippen LogP contribution in [0.4, 0.5) is 13.2 Å². The van der Waals surface area contributed by atoms with Crippen LogP contribution in [0.1, 0.15) is 5.56 Å². The standard InChI is InChI=1S/C14H11BrF3NO/c1-19-7-8-4-12(17)14(13(18)5-8)20-9-2-3-10(15)11(16)6-9/h2-6,19H,7H2,1H3. The molecule has 2 aromatic rings. The molecule has 20 heavy (non-hydrogen) atoms. The zero-order valence-corrected chi connectivity index (χ0v) is 12.1. The van der Waals surface area contributed by atoms with E-state index in [2.05, 4.69) is 21.2 Å². The third kappa shape index (κ3) is 3.32. The second kappa shape index (κ2) is 6.28. The lowest BCUT2D eigenvalue weighted by molar-refractivity contribution is 0.403. The Balaban J connectivity index is 2.31. The summed E-state index contributed by atoms with van der Waals surface area (Å²) in [6.07, 6.45) is 0. The largest absolute Gasteiger partial charge is 0.451 e. The molecule has 0 aromatic heterocycles. The Bertz CT molecular complexity index is 611. The van der Waals surface area contributed by atoms with Gasteiger partial charge in [-0.2, -0.15) is 0 Å². The van der Waals surface area contributed by atoms with E-state index in [0.717, 1.165) is 6.07 Å². The second-order valence-electron chi connectivity index (χ2n) is 4.10. The highest BCUT2D eigenvalue weighted by molar-refractivity contribution is 9.10. The second-order valence-corrected chi connectivity index (χ2v) is 4.95. The van der Waals surface area contributed by atoms with Crippen LogP contribution in [0.25, 0.3) is 0 Å². The number of benzene rings is 2. The number of nitrogens with one attached hydrogen (secondary N) is 1. The first kappa shape index (κ1) is 14.9. The number of hydrogen-bond donors (Lipinski definition) is 1. The van der Waals surface area contributed by atoms with E-state index in [9.17, 15) is 13.2 Å². The van der Waals surface area contributed by atoms with Gasteiger partial charge in [0.25, 0.3) is 0 Å². The SMILES string of the molecule is CNCc1cc(F)c(Oc2ccc(Br)c(F)c2)c(F)c1. The van der Waals surface area contributed by atoms with Crippen LogP contribution >= 0.6 is 15.9 Å². The number of ether oxygens (including phenoxy) is 1. The molecular formula is C14H11BrF3NO. The van der Waals surface area contributed by atoms with Crippen molar-refractivity contribution in [2.75, 3.05) is 7.05 Å². The van der Waals surface area contributed by atoms with Gasteiger partial charge < -0.3 is 10.1 Å². The predicted octanol–water partition coefficient (Wildman–Crippen LogP) is 4.38. The van der Waals surface area contributed by atoms with E-state index in [1.165, 1.54) is 24.3 Å². The molecule has 0 spiro atoms. The Morgan fingerprint density at radius 3 is 2.25 bits per heavy atom. The van der Waals surface area contributed by atoms with Gasteiger partial charge in [-0.05, 0) is 52.8 Å². The van der Waals surface area contributed by atoms with Gasteiger partial charge in [0.2, 0.25) is 0 Å². The van der Waals surface area contributed by atoms with Gasteiger partial charge in [0, 0.05) is 12.6 Å². The first-order valence-electron chi connectivity index (χ1n) is 5.76. The van der Waals surface area contributed by atoms with Crippen molar-refractivity contribution < 1.29 is 17.9 Å². The quantitative estimate of drug-likeness (QED) is 0.887. The smallest absolute Gasteiger partial charge is 0.198 e. The van der Waals surface area contributed by atoms with Crippen molar-refractivity contribution in [1.82, 2.24) is 5.32 Å². The molecule has 0 aliphatic heterocycles. The summed E-state index contributed by atoms with van der Waals surface area (Å²) >= 11 is 2.98. The number of rotatable bonds is 4. The van der Waals surface area contributed by atoms with Gasteiger partial charge in [-0.1, -0.05) is 0 Å². The topological polar surface area (TPSA) is 21.3 Å². The van der Waals surface area contributed by atoms with Crippen LogP contribution in [-0.2, 0) is 6.54 Å². The van der Waals surface area contributed by atoms with E-state index >= 15 is 0 Å². The highest BCUT2D eigenvalue weighted by Crippen LogP contribution is 2.30. The molecule has 0 amide bonds. The zero-order valence-electron chi connectivity index (χ0n) is 10.5. The zero-order chi connectivity index (χ0) is 14.7. The van der Waals surface area contributed by atoms with Gasteiger partial charge in [-0.15, -0.1) is 0 Å². The van der Waals surface area contributed by atoms with Crippen LogP contribution in [0.3, 0.4) is 0 Å². The van der Waals surface area contributed by atoms with Gasteiger partial charge in [-0.25, -0.2) is 13.2 Å². The van der Waals surface area contributed by atoms with E-state index in [1.54, 1.807) is 7.05 Å². The summed E-state index contributed by atoms with van der Waals surface area (Å²) in [5.41, 5.74) is 0.455. The molecule has 6 heteroatoms. The molecule has 0 heterocycles. The molecule has 2 rings (SSSR count). The van der Waals surface area contributed by atoms with Gasteiger partial charge in [0.15, 0.2) is 17.4 Å². The molecule has 2 aromatic carbocycles. The molecule has 0 radical (unpaired) electrons. The van der Waals surface area contributed by atoms with Crippen molar-refractivity contribution >= 4 is 15.9 Å². The average molecular weight is 346 g/mol. The molecule has 0 saturated carbocycles. The molecule has 0 fully saturated rings. The van der Waals surface area contributed by atoms with Gasteiger partial charge >= 0.3 is 0 Å². The van der Waals surface area contributed by atoms with E-state index in [4.69, 9.17) is 4.74 Å². The Morgan fingerprint density at radius 2 is 1.70 bits per heavy atom. The highest BCUT2D eigenvalue weighted by atomic mass is 79.9. The van der Waals surface area contributed by atoms with E-state index < -0.39 is 23.2 Å². The van der Waals surface area contributed by atoms with Crippen LogP contribution in [0, 0.1) is 17.5 Å². The van der Waals surface area contributed by atoms with Crippen molar-refractivity contribution in [3.05, 3.63) is 57.8 Å². The van der Waals surface area contributed by atoms with E-state index in [-0.39, 0.29) is 10.2 Å². The third-order valence-electron chi connectivity index (χ3n) is 2.55. The molecule has 0 saturated heterocycles. The number of hydrogen-bond acceptors (Lipinski definition) is 2. The summed E-state index contributed by atoms with van der Waals surface area (Å²) < 4.78 is 46.3. The minimum absolute atomic E-state index is 0.0184. The lowest BCUT2D eigenvalue weighted by atomic mass is 10.2. The van der Waals surface area contributed by atoms with Crippen molar-refractivity contribution in [3.8, 4) is 11.5 Å². The summed E-state index contributed by atoms with van der Waals surface area (Å²) in [6, 6.07) is 6.20. The first-order valence-corrected chi connectivity index (χ1v) is 6.56. The maximum atomic E-state index is 13.8. The van der Waals surface area contributed by atoms with Crippen LogP contribution in [-0.4, -0.2) is 7.05 Å². The maximum absolute atomic E-state index is 13.8. The Hall–Kier alpha value is -1.53. The Kier molecular flexibility index (Phi) is 4.67. The highest BCUT2D eigenvalue weighted by Gasteiger charge is 2.14. The van der Waals surface area contributed by atoms with Crippen LogP contribution in [0.5, 0.6) is 11.5 Å². The summed E-state index contributed by atoms with van der Waals surface area (Å²) in [7, 11) is 1.67. The van der Waals surface area contributed by atoms with Crippen LogP contribution < -0.4 is 10.1 Å². The summed E-state index contributed by atoms with van der Waals surface area (Å²) in [4.78, 5) is 0. The van der Waals surface area contributed by atoms with Crippen molar-refractivity contribution in [3.63, 3.8) is 0 Å². The Labute approximate surface area is 122 Å². The molecule has 0 bridgehead atoms. The molecule has 0 aliphatic rings. The fraction of sp³-hybridized carbons (Fsp3) is 0.143. The molecule has 2 nitrogen and oxygen atoms in total. The summed E-state index contributed by atoms with van der Waals surface area (Å²) in [5.74, 6) is -2.77. The lowest BCUT2D eigenvalue weighted by Gasteiger charge is -2.10. The van der Waals surface area contributed by atoms with E-state index in [0.29, 0.717) is 12.1 Å². The van der Waals surface area contributed by atoms with Gasteiger partial charge in [-0.3, -0.25) is 0 Å². The molecule has 0 unspecified atom stereocenters. The Morgan fingerprint density at radius 1 is 1.05 bits per heavy atom. The molecular weight excluding hydrogens is 335 g/mol. The van der Waals surface area contributed by atoms with Crippen molar-refractivity contribution in [2.45, 2.75) is 6.54 Å². The normalized spacial score (nSPS) is 10.7. The average Bonchev–Trinajstić information content (AvgIpc) is 2.38. The fourth-order valence-corrected chi connectivity index (χ4v) is 1.92. The minimum Gasteiger partial charge on any atom is -0.451 e. The van der Waals surface area contributed by atoms with Gasteiger partial charge in [0.05, 0.1) is 4.47 Å². The molecule has 0 aliphatic carbocycles. The monoisotopic (exact) mass is 345 g/mol. The third-order valence-corrected chi connectivity index (χ3v) is 3.19. The summed E-state index contributed by atoms with van der Waals surface area (Å²) in [6.45, 7) is 0.334. The fourth-order valence-electron chi connectivity index (χ4n) is 1.67. The minimum atomic E-state index is -0.835. The van der Waals surface area contributed by atoms with Crippen LogP contribution in [0.2, 0.25) is 0 Å². The van der Waals surface area contributed by atoms with Gasteiger partial charge in [0.1, 0.15) is 11.6 Å². The summed E-state index contributed by atoms with van der Waals surface area (Å²) in [5, 5.41) is 2.79. The van der Waals surface area contributed by atoms with Crippen LogP contribution in [0.15, 0.2) is 34.8 Å². The first-order chi connectivity index (χ1) is 9.51. The molecule has 0 atom stereocenters. The number of halogens is 4. The lowest BCUT2D eigenvalue weighted by Crippen LogP contribution is -2.06. The van der Waals surface area contributed by atoms with E-state index in [1.807, 2.05) is 0 Å². The molecule has 1 N–H and O–H groups in total. The molecule has 106 valence electrons. The maximum Gasteiger partial charge on any atom is 0.198 e. The predicted molar refractivity (Wildman–Crippen MR) is 73.3 cm³/mol. The van der Waals surface area contributed by atoms with Crippen molar-refractivity contribution in [1.29, 1.82) is 0 Å². The van der Waals surface area contributed by atoms with Crippen molar-refractivity contribution in [2.24, 2.45) is 0 Å².